The van der Waals surface area contributed by atoms with Crippen molar-refractivity contribution in [2.24, 2.45) is 22.5 Å². The average Bonchev–Trinajstić information content (AvgIpc) is 2.70. The third-order valence-electron chi connectivity index (χ3n) is 6.85. The van der Waals surface area contributed by atoms with E-state index < -0.39 is 10.8 Å². The zero-order valence-corrected chi connectivity index (χ0v) is 15.6. The van der Waals surface area contributed by atoms with Crippen molar-refractivity contribution >= 4 is 0 Å². The van der Waals surface area contributed by atoms with E-state index in [2.05, 4.69) is 47.9 Å². The topological polar surface area (TPSA) is 104 Å². The van der Waals surface area contributed by atoms with Crippen LogP contribution in [-0.2, 0) is 0 Å². The third-order valence-corrected chi connectivity index (χ3v) is 6.85. The number of nitrogens with two attached hydrogens (primary N) is 1. The first kappa shape index (κ1) is 18.5. The predicted octanol–water partition coefficient (Wildman–Crippen LogP) is 1.75. The monoisotopic (exact) mass is 350 g/mol. The van der Waals surface area contributed by atoms with Gasteiger partial charge >= 0.3 is 0 Å². The number of rotatable bonds is 2. The van der Waals surface area contributed by atoms with Crippen LogP contribution in [0, 0.1) is 50.7 Å². The van der Waals surface area contributed by atoms with Crippen LogP contribution in [-0.4, -0.2) is 49.1 Å². The Labute approximate surface area is 155 Å². The lowest BCUT2D eigenvalue weighted by molar-refractivity contribution is -0.00878. The number of piperidine rings is 1. The van der Waals surface area contributed by atoms with E-state index in [0.717, 1.165) is 57.7 Å². The molecule has 1 spiro atoms. The van der Waals surface area contributed by atoms with E-state index in [0.29, 0.717) is 5.57 Å². The zero-order chi connectivity index (χ0) is 18.9. The quantitative estimate of drug-likeness (QED) is 0.813. The number of likely N-dealkylation sites (tertiary alicyclic amines) is 1. The Kier molecular flexibility index (Phi) is 4.80. The van der Waals surface area contributed by atoms with Gasteiger partial charge in [0.1, 0.15) is 6.07 Å². The smallest absolute Gasteiger partial charge is 0.190 e. The second-order valence-electron chi connectivity index (χ2n) is 7.53. The number of fused-ring (bicyclic) bond motifs is 2. The Morgan fingerprint density at radius 3 is 2.23 bits per heavy atom. The lowest BCUT2D eigenvalue weighted by Gasteiger charge is -2.57. The summed E-state index contributed by atoms with van der Waals surface area (Å²) >= 11 is 0. The highest BCUT2D eigenvalue weighted by Gasteiger charge is 2.64. The molecule has 0 amide bonds. The molecular weight excluding hydrogens is 324 g/mol. The number of hydrogen-bond donors (Lipinski definition) is 1. The van der Waals surface area contributed by atoms with E-state index in [1.54, 1.807) is 0 Å². The lowest BCUT2D eigenvalue weighted by atomic mass is 9.47. The Hall–Kier alpha value is -2.33. The minimum absolute atomic E-state index is 0.00328. The van der Waals surface area contributed by atoms with Crippen LogP contribution >= 0.6 is 0 Å². The maximum atomic E-state index is 10.1. The number of allylic oxidation sites excluding steroid dienone is 2. The molecule has 0 aromatic heterocycles. The van der Waals surface area contributed by atoms with Gasteiger partial charge in [0.15, 0.2) is 5.41 Å². The van der Waals surface area contributed by atoms with Crippen LogP contribution in [0.25, 0.3) is 0 Å². The number of hydrogen-bond acceptors (Lipinski definition) is 6. The van der Waals surface area contributed by atoms with Crippen molar-refractivity contribution in [2.45, 2.75) is 26.7 Å². The van der Waals surface area contributed by atoms with Gasteiger partial charge in [0.05, 0.1) is 23.4 Å². The van der Waals surface area contributed by atoms with Gasteiger partial charge in [-0.25, -0.2) is 0 Å². The summed E-state index contributed by atoms with van der Waals surface area (Å²) in [6.45, 7) is 9.39. The minimum atomic E-state index is -1.43. The molecule has 0 aromatic rings. The van der Waals surface area contributed by atoms with E-state index in [4.69, 9.17) is 5.73 Å². The molecule has 6 heteroatoms. The first-order chi connectivity index (χ1) is 12.5. The van der Waals surface area contributed by atoms with Crippen LogP contribution in [0.1, 0.15) is 26.7 Å². The van der Waals surface area contributed by atoms with E-state index in [9.17, 15) is 15.8 Å². The van der Waals surface area contributed by atoms with Gasteiger partial charge in [-0.1, -0.05) is 19.9 Å². The van der Waals surface area contributed by atoms with Crippen LogP contribution in [0.15, 0.2) is 22.9 Å². The highest BCUT2D eigenvalue weighted by Crippen LogP contribution is 2.61. The van der Waals surface area contributed by atoms with Crippen LogP contribution in [0.3, 0.4) is 0 Å². The first-order valence-corrected chi connectivity index (χ1v) is 9.41. The molecule has 0 aromatic carbocycles. The van der Waals surface area contributed by atoms with Crippen molar-refractivity contribution in [2.75, 3.05) is 39.3 Å². The van der Waals surface area contributed by atoms with Gasteiger partial charge in [-0.3, -0.25) is 4.90 Å². The normalized spacial score (nSPS) is 27.8. The van der Waals surface area contributed by atoms with Crippen LogP contribution in [0.2, 0.25) is 0 Å². The molecule has 1 aliphatic carbocycles. The number of likely N-dealkylation sites (N-methyl/N-ethyl adjacent to an activating group) is 1. The molecule has 0 bridgehead atoms. The van der Waals surface area contributed by atoms with Gasteiger partial charge in [-0.05, 0) is 44.6 Å². The predicted molar refractivity (Wildman–Crippen MR) is 98.0 cm³/mol. The molecule has 26 heavy (non-hydrogen) atoms. The van der Waals surface area contributed by atoms with E-state index >= 15 is 0 Å². The molecular formula is C20H26N6. The van der Waals surface area contributed by atoms with E-state index in [1.807, 2.05) is 0 Å². The summed E-state index contributed by atoms with van der Waals surface area (Å²) < 4.78 is 0. The molecule has 136 valence electrons. The summed E-state index contributed by atoms with van der Waals surface area (Å²) in [6, 6.07) is 6.77. The highest BCUT2D eigenvalue weighted by atomic mass is 15.1. The van der Waals surface area contributed by atoms with Crippen molar-refractivity contribution in [3.05, 3.63) is 22.9 Å². The molecule has 2 N–H and O–H groups in total. The standard InChI is InChI=1S/C20H26N6/c1-3-25-9-6-19(7-10-25)17-12-26(4-2)8-5-15(17)16(11-21)18(24)20(19,13-22)14-23/h5,17H,3-4,6-10,12,24H2,1-2H3/t17-/m1/s1. The van der Waals surface area contributed by atoms with Crippen LogP contribution < -0.4 is 5.73 Å². The average molecular weight is 350 g/mol. The molecule has 1 saturated heterocycles. The Balaban J connectivity index is 2.23. The summed E-state index contributed by atoms with van der Waals surface area (Å²) in [5.74, 6) is -0.00328. The molecule has 3 rings (SSSR count). The Morgan fingerprint density at radius 1 is 1.12 bits per heavy atom. The van der Waals surface area contributed by atoms with Crippen molar-refractivity contribution in [1.29, 1.82) is 15.8 Å². The SMILES string of the molecule is CCN1CCC2(CC1)[C@@H]1CN(CC)CC=C1C(C#N)=C(N)C2(C#N)C#N. The second-order valence-corrected chi connectivity index (χ2v) is 7.53. The van der Waals surface area contributed by atoms with Gasteiger partial charge in [0.2, 0.25) is 0 Å². The molecule has 6 nitrogen and oxygen atoms in total. The maximum absolute atomic E-state index is 10.1. The summed E-state index contributed by atoms with van der Waals surface area (Å²) in [5, 5.41) is 30.0. The van der Waals surface area contributed by atoms with Crippen LogP contribution in [0.4, 0.5) is 0 Å². The van der Waals surface area contributed by atoms with Gasteiger partial charge < -0.3 is 10.6 Å². The zero-order valence-electron chi connectivity index (χ0n) is 15.6. The third kappa shape index (κ3) is 2.28. The summed E-state index contributed by atoms with van der Waals surface area (Å²) in [4.78, 5) is 4.67. The second kappa shape index (κ2) is 6.76. The molecule has 2 aliphatic heterocycles. The van der Waals surface area contributed by atoms with Crippen molar-refractivity contribution in [3.63, 3.8) is 0 Å². The summed E-state index contributed by atoms with van der Waals surface area (Å²) in [6.07, 6.45) is 3.59. The highest BCUT2D eigenvalue weighted by molar-refractivity contribution is 5.58. The molecule has 2 heterocycles. The molecule has 0 radical (unpaired) electrons. The summed E-state index contributed by atoms with van der Waals surface area (Å²) in [5.41, 5.74) is 5.90. The fraction of sp³-hybridized carbons (Fsp3) is 0.650. The van der Waals surface area contributed by atoms with Gasteiger partial charge in [0.25, 0.3) is 0 Å². The lowest BCUT2D eigenvalue weighted by Crippen LogP contribution is -2.60. The van der Waals surface area contributed by atoms with Crippen molar-refractivity contribution in [1.82, 2.24) is 9.80 Å². The molecule has 1 fully saturated rings. The Bertz CT molecular complexity index is 750. The van der Waals surface area contributed by atoms with Gasteiger partial charge in [-0.2, -0.15) is 15.8 Å². The molecule has 0 saturated carbocycles. The molecule has 3 aliphatic rings. The van der Waals surface area contributed by atoms with Crippen LogP contribution in [0.5, 0.6) is 0 Å². The van der Waals surface area contributed by atoms with Crippen molar-refractivity contribution in [3.8, 4) is 18.2 Å². The fourth-order valence-corrected chi connectivity index (χ4v) is 5.16. The first-order valence-electron chi connectivity index (χ1n) is 9.41. The van der Waals surface area contributed by atoms with E-state index in [1.165, 1.54) is 0 Å². The summed E-state index contributed by atoms with van der Waals surface area (Å²) in [7, 11) is 0. The Morgan fingerprint density at radius 2 is 1.73 bits per heavy atom. The number of nitrogens with zero attached hydrogens (tertiary/aromatic N) is 5. The molecule has 0 unspecified atom stereocenters. The minimum Gasteiger partial charge on any atom is -0.399 e. The van der Waals surface area contributed by atoms with Gasteiger partial charge in [0, 0.05) is 24.4 Å². The van der Waals surface area contributed by atoms with E-state index in [-0.39, 0.29) is 11.6 Å². The molecule has 1 atom stereocenters. The van der Waals surface area contributed by atoms with Gasteiger partial charge in [-0.15, -0.1) is 0 Å². The number of nitriles is 3. The fourth-order valence-electron chi connectivity index (χ4n) is 5.16. The maximum Gasteiger partial charge on any atom is 0.190 e. The largest absolute Gasteiger partial charge is 0.399 e. The van der Waals surface area contributed by atoms with Crippen molar-refractivity contribution < 1.29 is 0 Å².